The molecule has 25 heavy (non-hydrogen) atoms. The number of aryl methyl sites for hydroxylation is 2. The van der Waals surface area contributed by atoms with Crippen LogP contribution in [-0.4, -0.2) is 23.0 Å². The number of ether oxygens (including phenoxy) is 1. The average Bonchev–Trinajstić information content (AvgIpc) is 2.62. The number of halogens is 1. The Morgan fingerprint density at radius 3 is 2.64 bits per heavy atom. The number of esters is 1. The number of H-pyrrole nitrogens is 1. The van der Waals surface area contributed by atoms with Gasteiger partial charge in [0.2, 0.25) is 0 Å². The topological polar surface area (TPSA) is 72.1 Å². The third-order valence-electron chi connectivity index (χ3n) is 3.98. The molecular formula is C19H17FN2O3. The molecule has 0 saturated heterocycles. The molecule has 0 bridgehead atoms. The van der Waals surface area contributed by atoms with Crippen molar-refractivity contribution < 1.29 is 13.9 Å². The number of hydrogen-bond donors (Lipinski definition) is 1. The minimum absolute atomic E-state index is 0.238. The normalized spacial score (nSPS) is 10.8. The van der Waals surface area contributed by atoms with Crippen LogP contribution in [-0.2, 0) is 17.6 Å². The number of carbonyl (C=O) groups excluding carboxylic acids is 1. The molecule has 1 N–H and O–H groups in total. The maximum atomic E-state index is 12.9. The maximum absolute atomic E-state index is 12.9. The van der Waals surface area contributed by atoms with Gasteiger partial charge in [-0.05, 0) is 55.2 Å². The van der Waals surface area contributed by atoms with Crippen molar-refractivity contribution in [2.75, 3.05) is 7.11 Å². The zero-order valence-corrected chi connectivity index (χ0v) is 13.7. The number of aromatic nitrogens is 2. The minimum Gasteiger partial charge on any atom is -0.465 e. The molecule has 0 fully saturated rings. The minimum atomic E-state index is -0.451. The first-order valence-electron chi connectivity index (χ1n) is 7.92. The molecule has 128 valence electrons. The number of hydrogen-bond acceptors (Lipinski definition) is 4. The Kier molecular flexibility index (Phi) is 4.88. The molecule has 0 aliphatic heterocycles. The number of fused-ring (bicyclic) bond motifs is 1. The molecule has 3 rings (SSSR count). The highest BCUT2D eigenvalue weighted by Gasteiger charge is 2.09. The van der Waals surface area contributed by atoms with E-state index in [9.17, 15) is 14.0 Å². The molecule has 0 aliphatic carbocycles. The molecule has 1 heterocycles. The number of carbonyl (C=O) groups is 1. The Hall–Kier alpha value is -3.02. The van der Waals surface area contributed by atoms with E-state index in [1.54, 1.807) is 30.3 Å². The third-order valence-corrected chi connectivity index (χ3v) is 3.98. The lowest BCUT2D eigenvalue weighted by molar-refractivity contribution is 0.0601. The van der Waals surface area contributed by atoms with E-state index >= 15 is 0 Å². The first-order valence-corrected chi connectivity index (χ1v) is 7.92. The van der Waals surface area contributed by atoms with E-state index in [4.69, 9.17) is 4.74 Å². The van der Waals surface area contributed by atoms with Crippen molar-refractivity contribution in [2.45, 2.75) is 19.3 Å². The number of methoxy groups -OCH3 is 1. The van der Waals surface area contributed by atoms with Crippen LogP contribution in [0.5, 0.6) is 0 Å². The average molecular weight is 340 g/mol. The lowest BCUT2D eigenvalue weighted by atomic mass is 10.1. The van der Waals surface area contributed by atoms with Gasteiger partial charge in [0.15, 0.2) is 0 Å². The number of rotatable bonds is 5. The third kappa shape index (κ3) is 3.91. The molecule has 6 heteroatoms. The second kappa shape index (κ2) is 7.25. The molecule has 5 nitrogen and oxygen atoms in total. The van der Waals surface area contributed by atoms with Crippen LogP contribution in [0.25, 0.3) is 11.0 Å². The zero-order chi connectivity index (χ0) is 17.8. The summed E-state index contributed by atoms with van der Waals surface area (Å²) in [6.45, 7) is 0. The number of benzene rings is 2. The van der Waals surface area contributed by atoms with Crippen LogP contribution in [0.2, 0.25) is 0 Å². The molecule has 2 aromatic carbocycles. The van der Waals surface area contributed by atoms with Gasteiger partial charge >= 0.3 is 5.97 Å². The first-order chi connectivity index (χ1) is 12.1. The Morgan fingerprint density at radius 1 is 1.16 bits per heavy atom. The maximum Gasteiger partial charge on any atom is 0.337 e. The van der Waals surface area contributed by atoms with E-state index in [1.165, 1.54) is 19.2 Å². The van der Waals surface area contributed by atoms with Crippen molar-refractivity contribution in [3.05, 3.63) is 75.5 Å². The zero-order valence-electron chi connectivity index (χ0n) is 13.7. The van der Waals surface area contributed by atoms with Crippen LogP contribution in [0.15, 0.2) is 47.3 Å². The van der Waals surface area contributed by atoms with Gasteiger partial charge in [0.1, 0.15) is 11.5 Å². The Labute approximate surface area is 143 Å². The van der Waals surface area contributed by atoms with Crippen molar-refractivity contribution in [3.8, 4) is 0 Å². The highest BCUT2D eigenvalue weighted by Crippen LogP contribution is 2.13. The van der Waals surface area contributed by atoms with Gasteiger partial charge in [-0.15, -0.1) is 0 Å². The summed E-state index contributed by atoms with van der Waals surface area (Å²) in [6.07, 6.45) is 1.93. The molecule has 3 aromatic rings. The van der Waals surface area contributed by atoms with Gasteiger partial charge in [-0.3, -0.25) is 4.79 Å². The molecule has 0 aliphatic rings. The van der Waals surface area contributed by atoms with Crippen molar-refractivity contribution in [1.82, 2.24) is 9.97 Å². The van der Waals surface area contributed by atoms with Crippen LogP contribution in [0.3, 0.4) is 0 Å². The first kappa shape index (κ1) is 16.8. The molecule has 0 unspecified atom stereocenters. The van der Waals surface area contributed by atoms with Gasteiger partial charge in [-0.25, -0.2) is 14.2 Å². The van der Waals surface area contributed by atoms with Gasteiger partial charge in [0.05, 0.1) is 23.7 Å². The molecular weight excluding hydrogens is 323 g/mol. The second-order valence-electron chi connectivity index (χ2n) is 5.72. The van der Waals surface area contributed by atoms with Crippen molar-refractivity contribution in [2.24, 2.45) is 0 Å². The lowest BCUT2D eigenvalue weighted by Crippen LogP contribution is -2.15. The van der Waals surface area contributed by atoms with Crippen molar-refractivity contribution in [3.63, 3.8) is 0 Å². The molecule has 0 spiro atoms. The fourth-order valence-corrected chi connectivity index (χ4v) is 2.65. The van der Waals surface area contributed by atoms with Gasteiger partial charge < -0.3 is 9.72 Å². The van der Waals surface area contributed by atoms with Crippen LogP contribution in [0.1, 0.15) is 28.0 Å². The van der Waals surface area contributed by atoms with Gasteiger partial charge in [-0.1, -0.05) is 12.1 Å². The van der Waals surface area contributed by atoms with E-state index in [-0.39, 0.29) is 11.4 Å². The smallest absolute Gasteiger partial charge is 0.337 e. The largest absolute Gasteiger partial charge is 0.465 e. The summed E-state index contributed by atoms with van der Waals surface area (Å²) < 4.78 is 17.6. The predicted octanol–water partition coefficient (Wildman–Crippen LogP) is 3.02. The number of nitrogens with zero attached hydrogens (tertiary/aromatic N) is 1. The Bertz CT molecular complexity index is 965. The van der Waals surface area contributed by atoms with E-state index in [1.807, 2.05) is 0 Å². The summed E-state index contributed by atoms with van der Waals surface area (Å²) in [5.74, 6) is -0.717. The Balaban J connectivity index is 1.78. The summed E-state index contributed by atoms with van der Waals surface area (Å²) in [5, 5.41) is 0. The summed E-state index contributed by atoms with van der Waals surface area (Å²) in [5.41, 5.74) is 2.67. The summed E-state index contributed by atoms with van der Waals surface area (Å²) >= 11 is 0. The fourth-order valence-electron chi connectivity index (χ4n) is 2.65. The highest BCUT2D eigenvalue weighted by molar-refractivity contribution is 5.93. The van der Waals surface area contributed by atoms with Gasteiger partial charge in [0.25, 0.3) is 5.56 Å². The number of nitrogens with one attached hydrogen (secondary N) is 1. The summed E-state index contributed by atoms with van der Waals surface area (Å²) in [7, 11) is 1.31. The second-order valence-corrected chi connectivity index (χ2v) is 5.72. The van der Waals surface area contributed by atoms with Crippen LogP contribution in [0.4, 0.5) is 4.39 Å². The molecule has 0 atom stereocenters. The lowest BCUT2D eigenvalue weighted by Gasteiger charge is -2.05. The molecule has 0 amide bonds. The molecule has 0 saturated carbocycles. The standard InChI is InChI=1S/C19H17FN2O3/c1-25-19(24)13-7-10-15-17(11-13)21-16(18(23)22-15)4-2-3-12-5-8-14(20)9-6-12/h5-11H,2-4H2,1H3,(H,22,23). The summed E-state index contributed by atoms with van der Waals surface area (Å²) in [6, 6.07) is 11.1. The van der Waals surface area contributed by atoms with Crippen LogP contribution in [0, 0.1) is 5.82 Å². The van der Waals surface area contributed by atoms with E-state index < -0.39 is 5.97 Å². The monoisotopic (exact) mass is 340 g/mol. The van der Waals surface area contributed by atoms with Crippen LogP contribution < -0.4 is 5.56 Å². The van der Waals surface area contributed by atoms with Crippen LogP contribution >= 0.6 is 0 Å². The SMILES string of the molecule is COC(=O)c1ccc2[nH]c(=O)c(CCCc3ccc(F)cc3)nc2c1. The highest BCUT2D eigenvalue weighted by atomic mass is 19.1. The molecule has 0 radical (unpaired) electrons. The van der Waals surface area contributed by atoms with Gasteiger partial charge in [-0.2, -0.15) is 0 Å². The van der Waals surface area contributed by atoms with E-state index in [2.05, 4.69) is 9.97 Å². The fraction of sp³-hybridized carbons (Fsp3) is 0.211. The van der Waals surface area contributed by atoms with Gasteiger partial charge in [0, 0.05) is 0 Å². The number of aromatic amines is 1. The summed E-state index contributed by atoms with van der Waals surface area (Å²) in [4.78, 5) is 30.9. The van der Waals surface area contributed by atoms with E-state index in [0.717, 1.165) is 12.0 Å². The Morgan fingerprint density at radius 2 is 1.92 bits per heavy atom. The van der Waals surface area contributed by atoms with E-state index in [0.29, 0.717) is 35.1 Å². The van der Waals surface area contributed by atoms with Crippen molar-refractivity contribution in [1.29, 1.82) is 0 Å². The quantitative estimate of drug-likeness (QED) is 0.725. The molecule has 1 aromatic heterocycles. The predicted molar refractivity (Wildman–Crippen MR) is 92.1 cm³/mol. The van der Waals surface area contributed by atoms with Crippen molar-refractivity contribution >= 4 is 17.0 Å².